The third-order valence-corrected chi connectivity index (χ3v) is 6.94. The fourth-order valence-corrected chi connectivity index (χ4v) is 4.92. The van der Waals surface area contributed by atoms with Crippen molar-refractivity contribution in [1.29, 1.82) is 0 Å². The minimum atomic E-state index is -1.21. The summed E-state index contributed by atoms with van der Waals surface area (Å²) in [6.07, 6.45) is 6.17. The first kappa shape index (κ1) is 20.8. The van der Waals surface area contributed by atoms with Crippen molar-refractivity contribution in [3.8, 4) is 0 Å². The Morgan fingerprint density at radius 2 is 2.10 bits per heavy atom. The second kappa shape index (κ2) is 8.01. The molecule has 4 rings (SSSR count). The molecule has 0 radical (unpaired) electrons. The van der Waals surface area contributed by atoms with Crippen LogP contribution in [0, 0.1) is 0 Å². The van der Waals surface area contributed by atoms with E-state index in [1.54, 1.807) is 13.0 Å². The van der Waals surface area contributed by atoms with E-state index in [1.165, 1.54) is 0 Å². The van der Waals surface area contributed by atoms with Crippen LogP contribution in [-0.4, -0.2) is 39.4 Å². The predicted molar refractivity (Wildman–Crippen MR) is 112 cm³/mol. The van der Waals surface area contributed by atoms with E-state index in [0.29, 0.717) is 49.2 Å². The number of benzene rings is 1. The van der Waals surface area contributed by atoms with Crippen molar-refractivity contribution in [2.24, 2.45) is 0 Å². The third kappa shape index (κ3) is 4.52. The summed E-state index contributed by atoms with van der Waals surface area (Å²) in [6, 6.07) is 5.67. The van der Waals surface area contributed by atoms with Crippen molar-refractivity contribution >= 4 is 28.3 Å². The van der Waals surface area contributed by atoms with E-state index < -0.39 is 11.3 Å². The number of hydrogen-bond acceptors (Lipinski definition) is 3. The first-order valence-corrected chi connectivity index (χ1v) is 11.0. The topological polar surface area (TPSA) is 51.5 Å². The van der Waals surface area contributed by atoms with Crippen LogP contribution in [0.5, 0.6) is 0 Å². The molecular formula is C23H29ClFNO3. The summed E-state index contributed by atoms with van der Waals surface area (Å²) in [5.74, 6) is -0.0313. The van der Waals surface area contributed by atoms with Crippen LogP contribution in [0.25, 0.3) is 10.9 Å². The lowest BCUT2D eigenvalue weighted by molar-refractivity contribution is -0.0453. The van der Waals surface area contributed by atoms with Gasteiger partial charge in [-0.25, -0.2) is 4.39 Å². The minimum absolute atomic E-state index is 0.0313. The number of rotatable bonds is 6. The van der Waals surface area contributed by atoms with Gasteiger partial charge in [0.25, 0.3) is 0 Å². The van der Waals surface area contributed by atoms with Gasteiger partial charge in [0.2, 0.25) is 0 Å². The van der Waals surface area contributed by atoms with Gasteiger partial charge in [0.05, 0.1) is 22.2 Å². The van der Waals surface area contributed by atoms with Gasteiger partial charge in [-0.15, -0.1) is 0 Å². The molecule has 158 valence electrons. The van der Waals surface area contributed by atoms with Gasteiger partial charge in [-0.3, -0.25) is 4.79 Å². The highest BCUT2D eigenvalue weighted by atomic mass is 35.5. The highest BCUT2D eigenvalue weighted by Crippen LogP contribution is 2.40. The molecule has 29 heavy (non-hydrogen) atoms. The second-order valence-electron chi connectivity index (χ2n) is 9.02. The van der Waals surface area contributed by atoms with Crippen molar-refractivity contribution in [2.45, 2.75) is 82.2 Å². The van der Waals surface area contributed by atoms with Gasteiger partial charge in [0, 0.05) is 36.7 Å². The monoisotopic (exact) mass is 421 g/mol. The normalized spacial score (nSPS) is 30.1. The molecule has 1 N–H and O–H groups in total. The Balaban J connectivity index is 1.52. The summed E-state index contributed by atoms with van der Waals surface area (Å²) in [4.78, 5) is 13.1. The van der Waals surface area contributed by atoms with Crippen molar-refractivity contribution in [2.75, 3.05) is 6.61 Å². The Morgan fingerprint density at radius 3 is 2.79 bits per heavy atom. The fourth-order valence-electron chi connectivity index (χ4n) is 4.65. The molecule has 1 aliphatic heterocycles. The maximum Gasteiger partial charge on any atom is 0.165 e. The lowest BCUT2D eigenvalue weighted by Gasteiger charge is -2.37. The predicted octanol–water partition coefficient (Wildman–Crippen LogP) is 5.47. The Hall–Kier alpha value is -1.43. The standard InChI is InChI=1S/C23H29ClFNO3/c1-22(25)9-11-23(28,12-10-22)8-7-20(27)17-15-26(14-16-4-3-13-29-16)19-6-2-5-18(24)21(17)19/h2,5-6,15-16,28H,3-4,7-14H2,1H3/t16-,22?,23?/m0/s1. The molecule has 0 amide bonds. The highest BCUT2D eigenvalue weighted by Gasteiger charge is 2.39. The van der Waals surface area contributed by atoms with E-state index in [-0.39, 0.29) is 18.3 Å². The van der Waals surface area contributed by atoms with E-state index in [1.807, 2.05) is 18.3 Å². The lowest BCUT2D eigenvalue weighted by Crippen LogP contribution is -2.39. The summed E-state index contributed by atoms with van der Waals surface area (Å²) in [5.41, 5.74) is -0.639. The molecule has 1 atom stereocenters. The molecular weight excluding hydrogens is 393 g/mol. The number of alkyl halides is 1. The summed E-state index contributed by atoms with van der Waals surface area (Å²) in [7, 11) is 0. The van der Waals surface area contributed by atoms with E-state index in [2.05, 4.69) is 4.57 Å². The maximum absolute atomic E-state index is 14.1. The first-order chi connectivity index (χ1) is 13.8. The van der Waals surface area contributed by atoms with Crippen LogP contribution in [-0.2, 0) is 11.3 Å². The smallest absolute Gasteiger partial charge is 0.165 e. The summed E-state index contributed by atoms with van der Waals surface area (Å²) in [6.45, 7) is 3.07. The van der Waals surface area contributed by atoms with Crippen molar-refractivity contribution < 1.29 is 19.0 Å². The molecule has 1 saturated heterocycles. The Bertz CT molecular complexity index is 891. The van der Waals surface area contributed by atoms with Crippen LogP contribution in [0.4, 0.5) is 4.39 Å². The number of carbonyl (C=O) groups excluding carboxylic acids is 1. The van der Waals surface area contributed by atoms with Crippen LogP contribution in [0.1, 0.15) is 68.6 Å². The second-order valence-corrected chi connectivity index (χ2v) is 9.43. The van der Waals surface area contributed by atoms with Gasteiger partial charge < -0.3 is 14.4 Å². The molecule has 0 unspecified atom stereocenters. The van der Waals surface area contributed by atoms with E-state index in [0.717, 1.165) is 30.4 Å². The first-order valence-electron chi connectivity index (χ1n) is 10.6. The zero-order chi connectivity index (χ0) is 20.6. The largest absolute Gasteiger partial charge is 0.390 e. The SMILES string of the molecule is CC1(F)CCC(O)(CCC(=O)c2cn(C[C@@H]3CCCO3)c3cccc(Cl)c23)CC1. The van der Waals surface area contributed by atoms with Gasteiger partial charge >= 0.3 is 0 Å². The van der Waals surface area contributed by atoms with Crippen molar-refractivity contribution in [3.63, 3.8) is 0 Å². The molecule has 1 aromatic heterocycles. The number of hydrogen-bond donors (Lipinski definition) is 1. The summed E-state index contributed by atoms with van der Waals surface area (Å²) < 4.78 is 21.9. The van der Waals surface area contributed by atoms with E-state index >= 15 is 0 Å². The average molecular weight is 422 g/mol. The fraction of sp³-hybridized carbons (Fsp3) is 0.609. The Kier molecular flexibility index (Phi) is 5.75. The summed E-state index contributed by atoms with van der Waals surface area (Å²) >= 11 is 6.46. The number of fused-ring (bicyclic) bond motifs is 1. The minimum Gasteiger partial charge on any atom is -0.390 e. The van der Waals surface area contributed by atoms with Crippen LogP contribution in [0.15, 0.2) is 24.4 Å². The Morgan fingerprint density at radius 1 is 1.34 bits per heavy atom. The molecule has 2 aliphatic rings. The highest BCUT2D eigenvalue weighted by molar-refractivity contribution is 6.37. The summed E-state index contributed by atoms with van der Waals surface area (Å²) in [5, 5.41) is 12.1. The molecule has 1 aromatic carbocycles. The quantitative estimate of drug-likeness (QED) is 0.629. The number of aromatic nitrogens is 1. The maximum atomic E-state index is 14.1. The van der Waals surface area contributed by atoms with Gasteiger partial charge in [0.1, 0.15) is 5.67 Å². The third-order valence-electron chi connectivity index (χ3n) is 6.62. The van der Waals surface area contributed by atoms with Crippen LogP contribution in [0.2, 0.25) is 5.02 Å². The average Bonchev–Trinajstić information content (AvgIpc) is 3.32. The number of halogens is 2. The van der Waals surface area contributed by atoms with E-state index in [9.17, 15) is 14.3 Å². The van der Waals surface area contributed by atoms with E-state index in [4.69, 9.17) is 16.3 Å². The zero-order valence-electron chi connectivity index (χ0n) is 16.9. The molecule has 2 heterocycles. The number of Topliss-reactive ketones (excluding diaryl/α,β-unsaturated/α-hetero) is 1. The number of carbonyl (C=O) groups is 1. The van der Waals surface area contributed by atoms with Crippen molar-refractivity contribution in [3.05, 3.63) is 35.0 Å². The number of ether oxygens (including phenoxy) is 1. The Labute approximate surface area is 176 Å². The van der Waals surface area contributed by atoms with Gasteiger partial charge in [0.15, 0.2) is 5.78 Å². The molecule has 0 bridgehead atoms. The van der Waals surface area contributed by atoms with Gasteiger partial charge in [-0.2, -0.15) is 0 Å². The van der Waals surface area contributed by atoms with Crippen molar-refractivity contribution in [1.82, 2.24) is 4.57 Å². The molecule has 2 fully saturated rings. The van der Waals surface area contributed by atoms with Gasteiger partial charge in [-0.1, -0.05) is 17.7 Å². The van der Waals surface area contributed by atoms with Crippen LogP contribution < -0.4 is 0 Å². The molecule has 2 aromatic rings. The number of aliphatic hydroxyl groups is 1. The zero-order valence-corrected chi connectivity index (χ0v) is 17.7. The number of ketones is 1. The molecule has 4 nitrogen and oxygen atoms in total. The number of nitrogens with zero attached hydrogens (tertiary/aromatic N) is 1. The van der Waals surface area contributed by atoms with Crippen LogP contribution >= 0.6 is 11.6 Å². The lowest BCUT2D eigenvalue weighted by atomic mass is 9.75. The molecule has 1 saturated carbocycles. The molecule has 0 spiro atoms. The van der Waals surface area contributed by atoms with Crippen LogP contribution in [0.3, 0.4) is 0 Å². The molecule has 6 heteroatoms. The molecule has 1 aliphatic carbocycles. The van der Waals surface area contributed by atoms with Gasteiger partial charge in [-0.05, 0) is 64.0 Å².